The Morgan fingerprint density at radius 2 is 2.16 bits per heavy atom. The topological polar surface area (TPSA) is 67.1 Å². The number of hydrogen-bond acceptors (Lipinski definition) is 2. The van der Waals surface area contributed by atoms with E-state index in [1.54, 1.807) is 18.2 Å². The van der Waals surface area contributed by atoms with Gasteiger partial charge in [0.2, 0.25) is 0 Å². The molecule has 2 fully saturated rings. The number of hydrogen-bond donors (Lipinski definition) is 3. The fourth-order valence-electron chi connectivity index (χ4n) is 2.88. The Hall–Kier alpha value is -0.970. The molecular formula is C13H15Cl2N3O. The quantitative estimate of drug-likeness (QED) is 0.803. The van der Waals surface area contributed by atoms with E-state index in [0.29, 0.717) is 34.1 Å². The summed E-state index contributed by atoms with van der Waals surface area (Å²) in [6, 6.07) is 4.76. The van der Waals surface area contributed by atoms with Gasteiger partial charge < -0.3 is 16.4 Å². The summed E-state index contributed by atoms with van der Waals surface area (Å²) >= 11 is 11.7. The van der Waals surface area contributed by atoms with Crippen molar-refractivity contribution in [3.05, 3.63) is 28.2 Å². The molecule has 6 heteroatoms. The summed E-state index contributed by atoms with van der Waals surface area (Å²) in [5.74, 6) is 1.14. The number of carbonyl (C=O) groups excluding carboxylic acids is 1. The summed E-state index contributed by atoms with van der Waals surface area (Å²) in [5.41, 5.74) is 6.72. The zero-order valence-corrected chi connectivity index (χ0v) is 11.8. The number of benzene rings is 1. The second-order valence-corrected chi connectivity index (χ2v) is 6.29. The van der Waals surface area contributed by atoms with Crippen molar-refractivity contribution in [1.82, 2.24) is 5.32 Å². The van der Waals surface area contributed by atoms with Crippen LogP contribution in [0.1, 0.15) is 12.8 Å². The number of urea groups is 1. The number of fused-ring (bicyclic) bond motifs is 1. The highest BCUT2D eigenvalue weighted by molar-refractivity contribution is 6.42. The molecular weight excluding hydrogens is 285 g/mol. The van der Waals surface area contributed by atoms with Gasteiger partial charge in [0.05, 0.1) is 10.0 Å². The number of carbonyl (C=O) groups is 1. The molecule has 0 aliphatic heterocycles. The van der Waals surface area contributed by atoms with Crippen LogP contribution in [0, 0.1) is 11.8 Å². The lowest BCUT2D eigenvalue weighted by molar-refractivity contribution is 0.228. The van der Waals surface area contributed by atoms with Crippen LogP contribution in [0.15, 0.2) is 18.2 Å². The Labute approximate surface area is 121 Å². The van der Waals surface area contributed by atoms with Crippen molar-refractivity contribution in [2.24, 2.45) is 17.6 Å². The molecule has 0 heterocycles. The lowest BCUT2D eigenvalue weighted by Crippen LogP contribution is -2.45. The van der Waals surface area contributed by atoms with Crippen LogP contribution in [-0.4, -0.2) is 18.1 Å². The minimum absolute atomic E-state index is 0.104. The molecule has 2 amide bonds. The van der Waals surface area contributed by atoms with Crippen molar-refractivity contribution in [3.8, 4) is 0 Å². The van der Waals surface area contributed by atoms with Gasteiger partial charge in [-0.25, -0.2) is 4.79 Å². The molecule has 0 spiro atoms. The molecule has 3 atom stereocenters. The first-order chi connectivity index (χ1) is 8.98. The van der Waals surface area contributed by atoms with Gasteiger partial charge in [-0.05, 0) is 42.9 Å². The molecule has 4 N–H and O–H groups in total. The summed E-state index contributed by atoms with van der Waals surface area (Å²) in [6.07, 6.45) is 2.12. The van der Waals surface area contributed by atoms with Crippen molar-refractivity contribution in [3.63, 3.8) is 0 Å². The van der Waals surface area contributed by atoms with Gasteiger partial charge in [0.15, 0.2) is 0 Å². The summed E-state index contributed by atoms with van der Waals surface area (Å²) in [4.78, 5) is 11.7. The summed E-state index contributed by atoms with van der Waals surface area (Å²) < 4.78 is 0. The predicted octanol–water partition coefficient (Wildman–Crippen LogP) is 2.85. The van der Waals surface area contributed by atoms with Crippen molar-refractivity contribution in [2.45, 2.75) is 18.4 Å². The van der Waals surface area contributed by atoms with E-state index in [4.69, 9.17) is 28.9 Å². The van der Waals surface area contributed by atoms with Crippen LogP contribution in [0.5, 0.6) is 0 Å². The van der Waals surface area contributed by atoms with Gasteiger partial charge in [-0.3, -0.25) is 0 Å². The van der Waals surface area contributed by atoms with Crippen LogP contribution in [-0.2, 0) is 0 Å². The zero-order valence-electron chi connectivity index (χ0n) is 10.2. The van der Waals surface area contributed by atoms with E-state index >= 15 is 0 Å². The van der Waals surface area contributed by atoms with E-state index in [2.05, 4.69) is 10.6 Å². The number of amides is 2. The largest absolute Gasteiger partial charge is 0.338 e. The minimum atomic E-state index is -0.228. The number of rotatable bonds is 3. The molecule has 0 radical (unpaired) electrons. The van der Waals surface area contributed by atoms with Crippen LogP contribution >= 0.6 is 23.2 Å². The third-order valence-electron chi connectivity index (χ3n) is 4.09. The normalized spacial score (nSPS) is 31.1. The molecule has 2 aliphatic carbocycles. The van der Waals surface area contributed by atoms with Crippen molar-refractivity contribution < 1.29 is 4.79 Å². The van der Waals surface area contributed by atoms with Crippen LogP contribution in [0.3, 0.4) is 0 Å². The lowest BCUT2D eigenvalue weighted by Gasteiger charge is -2.31. The Balaban J connectivity index is 1.47. The second kappa shape index (κ2) is 4.54. The third-order valence-corrected chi connectivity index (χ3v) is 4.83. The second-order valence-electron chi connectivity index (χ2n) is 5.47. The number of anilines is 1. The molecule has 0 aromatic heterocycles. The monoisotopic (exact) mass is 299 g/mol. The molecule has 2 saturated carbocycles. The number of halogens is 2. The van der Waals surface area contributed by atoms with Crippen molar-refractivity contribution in [2.75, 3.05) is 11.9 Å². The minimum Gasteiger partial charge on any atom is -0.338 e. The standard InChI is InChI=1S/C13H15Cl2N3O/c14-10-2-1-8(3-11(10)15)18-12(19)17-6-7-4-13(16)5-9(7)13/h1-3,7,9H,4-6,16H2,(H2,17,18,19)/t7?,9?,13-/m0/s1. The molecule has 0 bridgehead atoms. The first-order valence-corrected chi connectivity index (χ1v) is 7.02. The molecule has 4 nitrogen and oxygen atoms in total. The van der Waals surface area contributed by atoms with Gasteiger partial charge in [0.1, 0.15) is 0 Å². The molecule has 102 valence electrons. The first kappa shape index (κ1) is 13.0. The Morgan fingerprint density at radius 3 is 2.74 bits per heavy atom. The fraction of sp³-hybridized carbons (Fsp3) is 0.462. The van der Waals surface area contributed by atoms with Crippen LogP contribution in [0.2, 0.25) is 10.0 Å². The van der Waals surface area contributed by atoms with E-state index in [1.807, 2.05) is 0 Å². The maximum absolute atomic E-state index is 11.7. The molecule has 0 saturated heterocycles. The SMILES string of the molecule is N[C@]12CC(CNC(=O)Nc3ccc(Cl)c(Cl)c3)C1C2. The molecule has 2 aliphatic rings. The van der Waals surface area contributed by atoms with E-state index in [9.17, 15) is 4.79 Å². The Morgan fingerprint density at radius 1 is 1.37 bits per heavy atom. The summed E-state index contributed by atoms with van der Waals surface area (Å²) in [5, 5.41) is 6.48. The zero-order chi connectivity index (χ0) is 13.6. The predicted molar refractivity (Wildman–Crippen MR) is 76.6 cm³/mol. The highest BCUT2D eigenvalue weighted by atomic mass is 35.5. The fourth-order valence-corrected chi connectivity index (χ4v) is 3.18. The van der Waals surface area contributed by atoms with E-state index < -0.39 is 0 Å². The molecule has 2 unspecified atom stereocenters. The van der Waals surface area contributed by atoms with Crippen molar-refractivity contribution in [1.29, 1.82) is 0 Å². The summed E-state index contributed by atoms with van der Waals surface area (Å²) in [6.45, 7) is 0.677. The van der Waals surface area contributed by atoms with E-state index in [1.165, 1.54) is 0 Å². The van der Waals surface area contributed by atoms with Gasteiger partial charge >= 0.3 is 6.03 Å². The molecule has 1 aromatic rings. The number of nitrogens with one attached hydrogen (secondary N) is 2. The van der Waals surface area contributed by atoms with E-state index in [0.717, 1.165) is 12.8 Å². The summed E-state index contributed by atoms with van der Waals surface area (Å²) in [7, 11) is 0. The van der Waals surface area contributed by atoms with Gasteiger partial charge in [0.25, 0.3) is 0 Å². The van der Waals surface area contributed by atoms with Gasteiger partial charge in [-0.2, -0.15) is 0 Å². The highest BCUT2D eigenvalue weighted by Gasteiger charge is 2.64. The third kappa shape index (κ3) is 2.53. The van der Waals surface area contributed by atoms with Crippen LogP contribution in [0.25, 0.3) is 0 Å². The van der Waals surface area contributed by atoms with Gasteiger partial charge in [-0.15, -0.1) is 0 Å². The van der Waals surface area contributed by atoms with Gasteiger partial charge in [-0.1, -0.05) is 23.2 Å². The smallest absolute Gasteiger partial charge is 0.319 e. The Kier molecular flexibility index (Phi) is 3.12. The Bertz CT molecular complexity index is 537. The first-order valence-electron chi connectivity index (χ1n) is 6.27. The maximum atomic E-state index is 11.7. The molecule has 1 aromatic carbocycles. The lowest BCUT2D eigenvalue weighted by atomic mass is 9.81. The average Bonchev–Trinajstić information content (AvgIpc) is 2.89. The van der Waals surface area contributed by atoms with Gasteiger partial charge in [0, 0.05) is 17.8 Å². The van der Waals surface area contributed by atoms with E-state index in [-0.39, 0.29) is 11.6 Å². The van der Waals surface area contributed by atoms with Crippen LogP contribution < -0.4 is 16.4 Å². The van der Waals surface area contributed by atoms with Crippen LogP contribution in [0.4, 0.5) is 10.5 Å². The molecule has 3 rings (SSSR count). The number of nitrogens with two attached hydrogens (primary N) is 1. The van der Waals surface area contributed by atoms with Crippen molar-refractivity contribution >= 4 is 34.9 Å². The molecule has 19 heavy (non-hydrogen) atoms. The maximum Gasteiger partial charge on any atom is 0.319 e. The average molecular weight is 300 g/mol. The highest BCUT2D eigenvalue weighted by Crippen LogP contribution is 2.61.